The normalized spacial score (nSPS) is 12.0. The molecular formula is C12H11Br2NO2S2. The molecule has 0 aliphatic rings. The Balaban J connectivity index is 2.21. The summed E-state index contributed by atoms with van der Waals surface area (Å²) in [6.45, 7) is 0.362. The van der Waals surface area contributed by atoms with Gasteiger partial charge in [-0.25, -0.2) is 8.42 Å². The number of rotatable bonds is 4. The lowest BCUT2D eigenvalue weighted by Gasteiger charge is -2.16. The molecule has 1 aromatic heterocycles. The van der Waals surface area contributed by atoms with Crippen LogP contribution in [0.25, 0.3) is 0 Å². The highest BCUT2D eigenvalue weighted by Gasteiger charge is 2.20. The molecule has 0 aliphatic carbocycles. The predicted octanol–water partition coefficient (Wildman–Crippen LogP) is 4.09. The molecule has 1 heterocycles. The summed E-state index contributed by atoms with van der Waals surface area (Å²) in [5.74, 6) is 0. The summed E-state index contributed by atoms with van der Waals surface area (Å²) in [6, 6.07) is 8.57. The first-order valence-corrected chi connectivity index (χ1v) is 9.25. The Bertz CT molecular complexity index is 665. The van der Waals surface area contributed by atoms with Crippen molar-refractivity contribution < 1.29 is 8.42 Å². The zero-order valence-electron chi connectivity index (χ0n) is 10.0. The Kier molecular flexibility index (Phi) is 4.84. The molecule has 0 saturated carbocycles. The van der Waals surface area contributed by atoms with Gasteiger partial charge in [0.1, 0.15) is 0 Å². The first-order chi connectivity index (χ1) is 8.89. The summed E-state index contributed by atoms with van der Waals surface area (Å²) in [6.07, 6.45) is 0. The van der Waals surface area contributed by atoms with Crippen LogP contribution in [0.4, 0.5) is 0 Å². The lowest BCUT2D eigenvalue weighted by atomic mass is 10.3. The first-order valence-electron chi connectivity index (χ1n) is 5.34. The van der Waals surface area contributed by atoms with Gasteiger partial charge >= 0.3 is 0 Å². The standard InChI is InChI=1S/C12H11Br2NO2S2/c1-15(7-9-6-12(14)18-8-9)19(16,17)11-4-2-10(13)3-5-11/h2-6,8H,7H2,1H3. The zero-order valence-corrected chi connectivity index (χ0v) is 14.8. The van der Waals surface area contributed by atoms with E-state index in [2.05, 4.69) is 31.9 Å². The Labute approximate surface area is 133 Å². The van der Waals surface area contributed by atoms with E-state index >= 15 is 0 Å². The van der Waals surface area contributed by atoms with Crippen LogP contribution in [0.1, 0.15) is 5.56 Å². The highest BCUT2D eigenvalue weighted by atomic mass is 79.9. The predicted molar refractivity (Wildman–Crippen MR) is 84.8 cm³/mol. The minimum atomic E-state index is -3.44. The van der Waals surface area contributed by atoms with Crippen molar-refractivity contribution in [3.63, 3.8) is 0 Å². The number of thiophene rings is 1. The van der Waals surface area contributed by atoms with E-state index in [1.807, 2.05) is 11.4 Å². The summed E-state index contributed by atoms with van der Waals surface area (Å²) < 4.78 is 27.9. The summed E-state index contributed by atoms with van der Waals surface area (Å²) in [7, 11) is -1.86. The fourth-order valence-corrected chi connectivity index (χ4v) is 4.18. The van der Waals surface area contributed by atoms with Gasteiger partial charge in [0.05, 0.1) is 8.68 Å². The lowest BCUT2D eigenvalue weighted by molar-refractivity contribution is 0.467. The third-order valence-corrected chi connectivity index (χ3v) is 6.45. The van der Waals surface area contributed by atoms with Crippen LogP contribution in [0, 0.1) is 0 Å². The zero-order chi connectivity index (χ0) is 14.0. The van der Waals surface area contributed by atoms with E-state index < -0.39 is 10.0 Å². The van der Waals surface area contributed by atoms with Gasteiger partial charge in [-0.1, -0.05) is 15.9 Å². The third-order valence-electron chi connectivity index (χ3n) is 2.55. The summed E-state index contributed by atoms with van der Waals surface area (Å²) in [5, 5.41) is 1.94. The van der Waals surface area contributed by atoms with Crippen LogP contribution in [0.15, 0.2) is 48.9 Å². The van der Waals surface area contributed by atoms with Crippen molar-refractivity contribution in [3.05, 3.63) is 49.5 Å². The molecule has 0 unspecified atom stereocenters. The van der Waals surface area contributed by atoms with Crippen molar-refractivity contribution in [2.45, 2.75) is 11.4 Å². The van der Waals surface area contributed by atoms with Gasteiger partial charge in [-0.3, -0.25) is 0 Å². The number of sulfonamides is 1. The molecule has 0 spiro atoms. The molecule has 0 atom stereocenters. The van der Waals surface area contributed by atoms with Gasteiger partial charge < -0.3 is 0 Å². The molecule has 0 aliphatic heterocycles. The summed E-state index contributed by atoms with van der Waals surface area (Å²) in [4.78, 5) is 0.299. The van der Waals surface area contributed by atoms with Crippen molar-refractivity contribution in [2.24, 2.45) is 0 Å². The molecule has 2 rings (SSSR count). The van der Waals surface area contributed by atoms with Gasteiger partial charge in [-0.05, 0) is 57.2 Å². The molecule has 0 saturated heterocycles. The molecule has 0 amide bonds. The van der Waals surface area contributed by atoms with Crippen molar-refractivity contribution in [1.29, 1.82) is 0 Å². The SMILES string of the molecule is CN(Cc1csc(Br)c1)S(=O)(=O)c1ccc(Br)cc1. The maximum atomic E-state index is 12.4. The average molecular weight is 425 g/mol. The molecule has 1 aromatic carbocycles. The second-order valence-corrected chi connectivity index (χ2v) is 9.23. The smallest absolute Gasteiger partial charge is 0.207 e. The number of hydrogen-bond acceptors (Lipinski definition) is 3. The number of nitrogens with zero attached hydrogens (tertiary/aromatic N) is 1. The molecule has 0 bridgehead atoms. The maximum absolute atomic E-state index is 12.4. The number of hydrogen-bond donors (Lipinski definition) is 0. The Morgan fingerprint density at radius 2 is 1.84 bits per heavy atom. The molecule has 19 heavy (non-hydrogen) atoms. The minimum Gasteiger partial charge on any atom is -0.207 e. The molecule has 0 N–H and O–H groups in total. The maximum Gasteiger partial charge on any atom is 0.243 e. The second-order valence-electron chi connectivity index (χ2n) is 3.97. The van der Waals surface area contributed by atoms with E-state index in [9.17, 15) is 8.42 Å². The topological polar surface area (TPSA) is 37.4 Å². The molecule has 0 fully saturated rings. The van der Waals surface area contributed by atoms with Gasteiger partial charge in [0.25, 0.3) is 0 Å². The van der Waals surface area contributed by atoms with Crippen LogP contribution in [0.5, 0.6) is 0 Å². The van der Waals surface area contributed by atoms with Crippen LogP contribution < -0.4 is 0 Å². The highest BCUT2D eigenvalue weighted by molar-refractivity contribution is 9.11. The molecule has 102 valence electrons. The highest BCUT2D eigenvalue weighted by Crippen LogP contribution is 2.24. The average Bonchev–Trinajstić information content (AvgIpc) is 2.75. The fraction of sp³-hybridized carbons (Fsp3) is 0.167. The van der Waals surface area contributed by atoms with E-state index in [0.717, 1.165) is 13.8 Å². The fourth-order valence-electron chi connectivity index (χ4n) is 1.56. The van der Waals surface area contributed by atoms with Crippen molar-refractivity contribution in [2.75, 3.05) is 7.05 Å². The summed E-state index contributed by atoms with van der Waals surface area (Å²) in [5.41, 5.74) is 0.972. The Morgan fingerprint density at radius 3 is 2.37 bits per heavy atom. The summed E-state index contributed by atoms with van der Waals surface area (Å²) >= 11 is 8.21. The van der Waals surface area contributed by atoms with Crippen molar-refractivity contribution in [3.8, 4) is 0 Å². The van der Waals surface area contributed by atoms with E-state index in [1.165, 1.54) is 4.31 Å². The van der Waals surface area contributed by atoms with E-state index in [4.69, 9.17) is 0 Å². The van der Waals surface area contributed by atoms with Gasteiger partial charge in [0, 0.05) is 18.1 Å². The van der Waals surface area contributed by atoms with Crippen LogP contribution >= 0.6 is 43.2 Å². The van der Waals surface area contributed by atoms with Crippen LogP contribution in [-0.2, 0) is 16.6 Å². The molecule has 2 aromatic rings. The van der Waals surface area contributed by atoms with E-state index in [-0.39, 0.29) is 0 Å². The van der Waals surface area contributed by atoms with Gasteiger partial charge in [-0.15, -0.1) is 11.3 Å². The monoisotopic (exact) mass is 423 g/mol. The van der Waals surface area contributed by atoms with E-state index in [1.54, 1.807) is 42.6 Å². The Morgan fingerprint density at radius 1 is 1.21 bits per heavy atom. The molecular weight excluding hydrogens is 414 g/mol. The quantitative estimate of drug-likeness (QED) is 0.740. The van der Waals surface area contributed by atoms with E-state index in [0.29, 0.717) is 11.4 Å². The van der Waals surface area contributed by atoms with Gasteiger partial charge in [-0.2, -0.15) is 4.31 Å². The van der Waals surface area contributed by atoms with Crippen LogP contribution in [0.2, 0.25) is 0 Å². The van der Waals surface area contributed by atoms with Gasteiger partial charge in [0.2, 0.25) is 10.0 Å². The minimum absolute atomic E-state index is 0.299. The number of halogens is 2. The largest absolute Gasteiger partial charge is 0.243 e. The van der Waals surface area contributed by atoms with Crippen molar-refractivity contribution >= 4 is 53.2 Å². The first kappa shape index (κ1) is 15.2. The van der Waals surface area contributed by atoms with Gasteiger partial charge in [0.15, 0.2) is 0 Å². The number of benzene rings is 1. The van der Waals surface area contributed by atoms with Crippen molar-refractivity contribution in [1.82, 2.24) is 4.31 Å². The molecule has 3 nitrogen and oxygen atoms in total. The lowest BCUT2D eigenvalue weighted by Crippen LogP contribution is -2.26. The second kappa shape index (κ2) is 6.05. The van der Waals surface area contributed by atoms with Crippen LogP contribution in [0.3, 0.4) is 0 Å². The molecule has 0 radical (unpaired) electrons. The molecule has 7 heteroatoms. The van der Waals surface area contributed by atoms with Crippen LogP contribution in [-0.4, -0.2) is 19.8 Å². The third kappa shape index (κ3) is 3.66. The Hall–Kier alpha value is -0.210.